The van der Waals surface area contributed by atoms with E-state index in [1.54, 1.807) is 0 Å². The minimum absolute atomic E-state index is 0.175. The zero-order valence-electron chi connectivity index (χ0n) is 16.8. The summed E-state index contributed by atoms with van der Waals surface area (Å²) in [4.78, 5) is 23.0. The zero-order valence-corrected chi connectivity index (χ0v) is 16.8. The van der Waals surface area contributed by atoms with Crippen LogP contribution in [-0.2, 0) is 11.2 Å². The average Bonchev–Trinajstić information content (AvgIpc) is 3.00. The number of unbranched alkanes of at least 4 members (excludes halogenated alkanes) is 2. The Labute approximate surface area is 163 Å². The first-order chi connectivity index (χ1) is 12.9. The van der Waals surface area contributed by atoms with Gasteiger partial charge >= 0.3 is 0 Å². The van der Waals surface area contributed by atoms with E-state index in [1.807, 2.05) is 36.2 Å². The van der Waals surface area contributed by atoms with Gasteiger partial charge in [-0.3, -0.25) is 14.6 Å². The van der Waals surface area contributed by atoms with Gasteiger partial charge in [0.15, 0.2) is 0 Å². The number of benzene rings is 1. The monoisotopic (exact) mass is 374 g/mol. The number of carbonyl (C=O) groups is 2. The molecule has 1 aromatic carbocycles. The fourth-order valence-electron chi connectivity index (χ4n) is 3.65. The molecule has 1 aliphatic rings. The summed E-state index contributed by atoms with van der Waals surface area (Å²) in [6, 6.07) is 7.52. The highest BCUT2D eigenvalue weighted by atomic mass is 16.3. The van der Waals surface area contributed by atoms with Gasteiger partial charge < -0.3 is 5.11 Å². The Morgan fingerprint density at radius 3 is 2.48 bits per heavy atom. The predicted octanol–water partition coefficient (Wildman–Crippen LogP) is 3.60. The van der Waals surface area contributed by atoms with Crippen molar-refractivity contribution in [3.05, 3.63) is 35.4 Å². The van der Waals surface area contributed by atoms with Crippen LogP contribution in [0.2, 0.25) is 0 Å². The highest BCUT2D eigenvalue weighted by molar-refractivity contribution is 5.77. The van der Waals surface area contributed by atoms with E-state index in [0.29, 0.717) is 18.5 Å². The molecule has 0 aromatic heterocycles. The van der Waals surface area contributed by atoms with Crippen molar-refractivity contribution in [1.29, 1.82) is 0 Å². The van der Waals surface area contributed by atoms with E-state index in [1.165, 1.54) is 12.8 Å². The van der Waals surface area contributed by atoms with Crippen LogP contribution in [-0.4, -0.2) is 52.6 Å². The minimum Gasteiger partial charge on any atom is -0.390 e. The first kappa shape index (κ1) is 21.6. The molecule has 1 fully saturated rings. The SMILES string of the molecule is CCCCCC(C)(O)CCCN1CCC(=O)N1CCc1ccc(C=O)cc1. The molecule has 1 unspecified atom stereocenters. The maximum Gasteiger partial charge on any atom is 0.238 e. The van der Waals surface area contributed by atoms with E-state index in [0.717, 1.165) is 57.0 Å². The third-order valence-corrected chi connectivity index (χ3v) is 5.39. The van der Waals surface area contributed by atoms with Gasteiger partial charge in [0.2, 0.25) is 5.91 Å². The Balaban J connectivity index is 1.78. The lowest BCUT2D eigenvalue weighted by Crippen LogP contribution is -2.41. The Morgan fingerprint density at radius 2 is 1.81 bits per heavy atom. The lowest BCUT2D eigenvalue weighted by atomic mass is 9.93. The summed E-state index contributed by atoms with van der Waals surface area (Å²) in [6.07, 6.45) is 8.08. The van der Waals surface area contributed by atoms with Gasteiger partial charge in [0.1, 0.15) is 6.29 Å². The van der Waals surface area contributed by atoms with Crippen molar-refractivity contribution in [2.45, 2.75) is 70.8 Å². The van der Waals surface area contributed by atoms with Gasteiger partial charge in [-0.05, 0) is 38.2 Å². The Bertz CT molecular complexity index is 598. The van der Waals surface area contributed by atoms with E-state index < -0.39 is 5.60 Å². The van der Waals surface area contributed by atoms with Crippen LogP contribution in [0.25, 0.3) is 0 Å². The van der Waals surface area contributed by atoms with E-state index in [2.05, 4.69) is 11.9 Å². The van der Waals surface area contributed by atoms with Crippen LogP contribution < -0.4 is 0 Å². The van der Waals surface area contributed by atoms with E-state index in [-0.39, 0.29) is 5.91 Å². The summed E-state index contributed by atoms with van der Waals surface area (Å²) in [7, 11) is 0. The summed E-state index contributed by atoms with van der Waals surface area (Å²) >= 11 is 0. The lowest BCUT2D eigenvalue weighted by molar-refractivity contribution is -0.138. The van der Waals surface area contributed by atoms with Crippen molar-refractivity contribution in [2.24, 2.45) is 0 Å². The molecule has 5 heteroatoms. The quantitative estimate of drug-likeness (QED) is 0.448. The van der Waals surface area contributed by atoms with Crippen LogP contribution in [0.4, 0.5) is 0 Å². The topological polar surface area (TPSA) is 60.9 Å². The first-order valence-electron chi connectivity index (χ1n) is 10.3. The molecule has 5 nitrogen and oxygen atoms in total. The molecule has 1 atom stereocenters. The molecule has 27 heavy (non-hydrogen) atoms. The maximum atomic E-state index is 12.2. The van der Waals surface area contributed by atoms with Crippen LogP contribution in [0.1, 0.15) is 74.7 Å². The number of aldehydes is 1. The highest BCUT2D eigenvalue weighted by Gasteiger charge is 2.29. The fraction of sp³-hybridized carbons (Fsp3) is 0.636. The molecule has 0 saturated carbocycles. The van der Waals surface area contributed by atoms with E-state index in [9.17, 15) is 14.7 Å². The second-order valence-electron chi connectivity index (χ2n) is 7.89. The summed E-state index contributed by atoms with van der Waals surface area (Å²) in [5.41, 5.74) is 1.19. The number of hydrazine groups is 1. The van der Waals surface area contributed by atoms with Gasteiger partial charge in [0.05, 0.1) is 5.60 Å². The number of hydrogen-bond acceptors (Lipinski definition) is 4. The van der Waals surface area contributed by atoms with Gasteiger partial charge in [-0.15, -0.1) is 0 Å². The van der Waals surface area contributed by atoms with Crippen LogP contribution in [0.3, 0.4) is 0 Å². The number of nitrogens with zero attached hydrogens (tertiary/aromatic N) is 2. The lowest BCUT2D eigenvalue weighted by Gasteiger charge is -2.30. The number of amides is 1. The van der Waals surface area contributed by atoms with Gasteiger partial charge in [-0.1, -0.05) is 50.5 Å². The Hall–Kier alpha value is -1.72. The highest BCUT2D eigenvalue weighted by Crippen LogP contribution is 2.22. The molecule has 1 heterocycles. The van der Waals surface area contributed by atoms with E-state index >= 15 is 0 Å². The third kappa shape index (κ3) is 7.07. The third-order valence-electron chi connectivity index (χ3n) is 5.39. The molecule has 1 amide bonds. The molecular formula is C22H34N2O3. The first-order valence-corrected chi connectivity index (χ1v) is 10.3. The zero-order chi connectivity index (χ0) is 19.7. The van der Waals surface area contributed by atoms with Crippen LogP contribution in [0.5, 0.6) is 0 Å². The van der Waals surface area contributed by atoms with Crippen molar-refractivity contribution >= 4 is 12.2 Å². The number of aliphatic hydroxyl groups is 1. The molecule has 1 aliphatic heterocycles. The number of carbonyl (C=O) groups excluding carboxylic acids is 2. The van der Waals surface area contributed by atoms with Crippen molar-refractivity contribution < 1.29 is 14.7 Å². The van der Waals surface area contributed by atoms with Crippen molar-refractivity contribution in [3.8, 4) is 0 Å². The second kappa shape index (κ2) is 10.6. The minimum atomic E-state index is -0.607. The largest absolute Gasteiger partial charge is 0.390 e. The summed E-state index contributed by atoms with van der Waals surface area (Å²) in [5, 5.41) is 14.5. The second-order valence-corrected chi connectivity index (χ2v) is 7.89. The number of hydrogen-bond donors (Lipinski definition) is 1. The standard InChI is InChI=1S/C22H34N2O3/c1-3-4-5-13-22(2,27)14-6-15-23-16-12-21(26)24(23)17-11-19-7-9-20(18-25)10-8-19/h7-10,18,27H,3-6,11-17H2,1-2H3. The van der Waals surface area contributed by atoms with Gasteiger partial charge in [-0.2, -0.15) is 0 Å². The average molecular weight is 375 g/mol. The Kier molecular flexibility index (Phi) is 8.45. The molecule has 0 bridgehead atoms. The molecule has 2 rings (SSSR count). The molecule has 150 valence electrons. The molecule has 0 radical (unpaired) electrons. The van der Waals surface area contributed by atoms with Crippen LogP contribution in [0.15, 0.2) is 24.3 Å². The number of rotatable bonds is 12. The maximum absolute atomic E-state index is 12.2. The summed E-state index contributed by atoms with van der Waals surface area (Å²) < 4.78 is 0. The fourth-order valence-corrected chi connectivity index (χ4v) is 3.65. The molecule has 0 aliphatic carbocycles. The van der Waals surface area contributed by atoms with E-state index in [4.69, 9.17) is 0 Å². The molecule has 1 N–H and O–H groups in total. The van der Waals surface area contributed by atoms with Gasteiger partial charge in [-0.25, -0.2) is 5.01 Å². The van der Waals surface area contributed by atoms with Gasteiger partial charge in [0.25, 0.3) is 0 Å². The van der Waals surface area contributed by atoms with Crippen molar-refractivity contribution in [1.82, 2.24) is 10.0 Å². The predicted molar refractivity (Wildman–Crippen MR) is 107 cm³/mol. The van der Waals surface area contributed by atoms with Crippen LogP contribution in [0, 0.1) is 0 Å². The molecule has 0 spiro atoms. The van der Waals surface area contributed by atoms with Crippen LogP contribution >= 0.6 is 0 Å². The van der Waals surface area contributed by atoms with Crippen molar-refractivity contribution in [3.63, 3.8) is 0 Å². The Morgan fingerprint density at radius 1 is 1.11 bits per heavy atom. The smallest absolute Gasteiger partial charge is 0.238 e. The van der Waals surface area contributed by atoms with Crippen molar-refractivity contribution in [2.75, 3.05) is 19.6 Å². The van der Waals surface area contributed by atoms with Gasteiger partial charge in [0, 0.05) is 31.6 Å². The summed E-state index contributed by atoms with van der Waals surface area (Å²) in [5.74, 6) is 0.175. The molecule has 1 aromatic rings. The molecular weight excluding hydrogens is 340 g/mol. The normalized spacial score (nSPS) is 17.3. The summed E-state index contributed by atoms with van der Waals surface area (Å²) in [6.45, 7) is 6.33. The molecule has 1 saturated heterocycles.